The highest BCUT2D eigenvalue weighted by molar-refractivity contribution is 5.96. The lowest BCUT2D eigenvalue weighted by atomic mass is 9.98. The molecule has 29 heavy (non-hydrogen) atoms. The number of carboxylic acid groups (broad SMARTS) is 1. The number of hydrogen-bond donors (Lipinski definition) is 1. The van der Waals surface area contributed by atoms with Crippen LogP contribution in [-0.2, 0) is 6.54 Å². The molecule has 3 aromatic carbocycles. The Morgan fingerprint density at radius 1 is 1.00 bits per heavy atom. The van der Waals surface area contributed by atoms with E-state index < -0.39 is 5.97 Å². The largest absolute Gasteiger partial charge is 0.478 e. The Bertz CT molecular complexity index is 1160. The van der Waals surface area contributed by atoms with Crippen molar-refractivity contribution in [2.45, 2.75) is 32.7 Å². The maximum Gasteiger partial charge on any atom is 0.336 e. The van der Waals surface area contributed by atoms with Crippen molar-refractivity contribution >= 4 is 17.0 Å². The molecule has 1 aromatic heterocycles. The van der Waals surface area contributed by atoms with Gasteiger partial charge in [-0.3, -0.25) is 0 Å². The van der Waals surface area contributed by atoms with Gasteiger partial charge in [0.25, 0.3) is 0 Å². The molecule has 1 heterocycles. The monoisotopic (exact) mass is 384 g/mol. The minimum absolute atomic E-state index is 0.319. The molecule has 0 aliphatic carbocycles. The van der Waals surface area contributed by atoms with Crippen LogP contribution in [0, 0.1) is 0 Å². The normalized spacial score (nSPS) is 12.2. The van der Waals surface area contributed by atoms with E-state index in [4.69, 9.17) is 4.98 Å². The molecule has 1 N–H and O–H groups in total. The van der Waals surface area contributed by atoms with Crippen molar-refractivity contribution in [2.75, 3.05) is 0 Å². The fourth-order valence-corrected chi connectivity index (χ4v) is 3.71. The topological polar surface area (TPSA) is 55.1 Å². The highest BCUT2D eigenvalue weighted by Gasteiger charge is 2.16. The maximum atomic E-state index is 11.5. The highest BCUT2D eigenvalue weighted by atomic mass is 16.4. The molecule has 0 aliphatic heterocycles. The van der Waals surface area contributed by atoms with Crippen molar-refractivity contribution < 1.29 is 9.90 Å². The number of benzene rings is 3. The van der Waals surface area contributed by atoms with E-state index >= 15 is 0 Å². The number of aromatic nitrogens is 2. The molecule has 4 heteroatoms. The van der Waals surface area contributed by atoms with Crippen molar-refractivity contribution in [3.63, 3.8) is 0 Å². The number of aromatic carboxylic acids is 1. The summed E-state index contributed by atoms with van der Waals surface area (Å²) in [7, 11) is 0. The summed E-state index contributed by atoms with van der Waals surface area (Å²) in [4.78, 5) is 16.4. The molecule has 0 spiro atoms. The third-order valence-corrected chi connectivity index (χ3v) is 5.50. The van der Waals surface area contributed by atoms with E-state index in [0.717, 1.165) is 46.5 Å². The average Bonchev–Trinajstić information content (AvgIpc) is 3.12. The van der Waals surface area contributed by atoms with Crippen molar-refractivity contribution in [3.8, 4) is 11.1 Å². The second-order valence-corrected chi connectivity index (χ2v) is 7.40. The first-order valence-electron chi connectivity index (χ1n) is 9.95. The maximum absolute atomic E-state index is 11.5. The third-order valence-electron chi connectivity index (χ3n) is 5.50. The minimum atomic E-state index is -0.909. The summed E-state index contributed by atoms with van der Waals surface area (Å²) in [6.45, 7) is 5.13. The van der Waals surface area contributed by atoms with Gasteiger partial charge < -0.3 is 9.67 Å². The van der Waals surface area contributed by atoms with Gasteiger partial charge in [0.2, 0.25) is 0 Å². The van der Waals surface area contributed by atoms with Gasteiger partial charge in [0.1, 0.15) is 5.82 Å². The van der Waals surface area contributed by atoms with E-state index in [1.165, 1.54) is 0 Å². The number of fused-ring (bicyclic) bond motifs is 1. The van der Waals surface area contributed by atoms with Gasteiger partial charge >= 0.3 is 5.97 Å². The molecule has 1 atom stereocenters. The predicted octanol–water partition coefficient (Wildman–Crippen LogP) is 5.96. The van der Waals surface area contributed by atoms with Crippen LogP contribution in [-0.4, -0.2) is 20.6 Å². The summed E-state index contributed by atoms with van der Waals surface area (Å²) in [6.07, 6.45) is 1.04. The lowest BCUT2D eigenvalue weighted by molar-refractivity contribution is 0.0697. The zero-order chi connectivity index (χ0) is 20.4. The second kappa shape index (κ2) is 7.92. The number of nitrogens with zero attached hydrogens (tertiary/aromatic N) is 2. The van der Waals surface area contributed by atoms with Crippen molar-refractivity contribution in [3.05, 3.63) is 89.7 Å². The summed E-state index contributed by atoms with van der Waals surface area (Å²) < 4.78 is 2.30. The van der Waals surface area contributed by atoms with Gasteiger partial charge in [-0.05, 0) is 41.3 Å². The average molecular weight is 384 g/mol. The molecule has 0 saturated heterocycles. The van der Waals surface area contributed by atoms with Crippen LogP contribution in [0.1, 0.15) is 47.9 Å². The van der Waals surface area contributed by atoms with Crippen molar-refractivity contribution in [2.24, 2.45) is 0 Å². The van der Waals surface area contributed by atoms with Crippen LogP contribution in [0.5, 0.6) is 0 Å². The molecule has 0 aliphatic rings. The van der Waals surface area contributed by atoms with Crippen LogP contribution in [0.4, 0.5) is 0 Å². The standard InChI is InChI=1S/C25H24N2O2/c1-3-17(2)24-26-22-10-6-7-11-23(22)27(24)16-18-12-14-19(15-13-18)20-8-4-5-9-21(20)25(28)29/h4-15,17H,3,16H2,1-2H3,(H,28,29). The van der Waals surface area contributed by atoms with Gasteiger partial charge in [-0.15, -0.1) is 0 Å². The van der Waals surface area contributed by atoms with Crippen LogP contribution >= 0.6 is 0 Å². The van der Waals surface area contributed by atoms with E-state index in [1.807, 2.05) is 36.4 Å². The number of hydrogen-bond acceptors (Lipinski definition) is 2. The fraction of sp³-hybridized carbons (Fsp3) is 0.200. The van der Waals surface area contributed by atoms with Crippen LogP contribution < -0.4 is 0 Å². The molecule has 4 rings (SSSR count). The number of para-hydroxylation sites is 2. The molecule has 4 aromatic rings. The van der Waals surface area contributed by atoms with Gasteiger partial charge in [0.05, 0.1) is 16.6 Å². The Labute approximate surface area is 170 Å². The summed E-state index contributed by atoms with van der Waals surface area (Å²) in [5, 5.41) is 9.45. The molecule has 0 fully saturated rings. The first-order valence-corrected chi connectivity index (χ1v) is 9.95. The Kier molecular flexibility index (Phi) is 5.17. The fourth-order valence-electron chi connectivity index (χ4n) is 3.71. The first kappa shape index (κ1) is 18.9. The molecule has 0 bridgehead atoms. The van der Waals surface area contributed by atoms with E-state index in [1.54, 1.807) is 12.1 Å². The Morgan fingerprint density at radius 2 is 1.69 bits per heavy atom. The van der Waals surface area contributed by atoms with Crippen molar-refractivity contribution in [1.82, 2.24) is 9.55 Å². The van der Waals surface area contributed by atoms with E-state index in [2.05, 4.69) is 42.7 Å². The lowest BCUT2D eigenvalue weighted by Gasteiger charge is -2.14. The second-order valence-electron chi connectivity index (χ2n) is 7.40. The summed E-state index contributed by atoms with van der Waals surface area (Å²) >= 11 is 0. The first-order chi connectivity index (χ1) is 14.1. The number of carboxylic acids is 1. The Balaban J connectivity index is 1.69. The van der Waals surface area contributed by atoms with E-state index in [9.17, 15) is 9.90 Å². The Morgan fingerprint density at radius 3 is 2.41 bits per heavy atom. The number of rotatable bonds is 6. The quantitative estimate of drug-likeness (QED) is 0.446. The summed E-state index contributed by atoms with van der Waals surface area (Å²) in [6, 6.07) is 23.5. The number of carbonyl (C=O) groups is 1. The van der Waals surface area contributed by atoms with Crippen LogP contribution in [0.2, 0.25) is 0 Å². The lowest BCUT2D eigenvalue weighted by Crippen LogP contribution is -2.08. The zero-order valence-electron chi connectivity index (χ0n) is 16.7. The third kappa shape index (κ3) is 3.66. The van der Waals surface area contributed by atoms with Gasteiger partial charge in [-0.25, -0.2) is 9.78 Å². The molecular formula is C25H24N2O2. The number of imidazole rings is 1. The molecule has 1 unspecified atom stereocenters. The summed E-state index contributed by atoms with van der Waals surface area (Å²) in [5.41, 5.74) is 5.29. The molecule has 0 radical (unpaired) electrons. The van der Waals surface area contributed by atoms with Gasteiger partial charge in [0, 0.05) is 12.5 Å². The smallest absolute Gasteiger partial charge is 0.336 e. The van der Waals surface area contributed by atoms with E-state index in [-0.39, 0.29) is 0 Å². The van der Waals surface area contributed by atoms with Crippen molar-refractivity contribution in [1.29, 1.82) is 0 Å². The highest BCUT2D eigenvalue weighted by Crippen LogP contribution is 2.27. The van der Waals surface area contributed by atoms with Crippen LogP contribution in [0.3, 0.4) is 0 Å². The predicted molar refractivity (Wildman–Crippen MR) is 116 cm³/mol. The summed E-state index contributed by atoms with van der Waals surface area (Å²) in [5.74, 6) is 0.575. The van der Waals surface area contributed by atoms with Gasteiger partial charge in [0.15, 0.2) is 0 Å². The van der Waals surface area contributed by atoms with Crippen LogP contribution in [0.15, 0.2) is 72.8 Å². The van der Waals surface area contributed by atoms with Gasteiger partial charge in [-0.2, -0.15) is 0 Å². The van der Waals surface area contributed by atoms with Gasteiger partial charge in [-0.1, -0.05) is 68.4 Å². The zero-order valence-corrected chi connectivity index (χ0v) is 16.7. The Hall–Kier alpha value is -3.40. The SMILES string of the molecule is CCC(C)c1nc2ccccc2n1Cc1ccc(-c2ccccc2C(=O)O)cc1. The molecule has 146 valence electrons. The van der Waals surface area contributed by atoms with Crippen LogP contribution in [0.25, 0.3) is 22.2 Å². The molecule has 0 saturated carbocycles. The van der Waals surface area contributed by atoms with E-state index in [0.29, 0.717) is 11.5 Å². The molecular weight excluding hydrogens is 360 g/mol. The minimum Gasteiger partial charge on any atom is -0.478 e. The molecule has 4 nitrogen and oxygen atoms in total. The molecule has 0 amide bonds.